The van der Waals surface area contributed by atoms with Crippen LogP contribution in [0.15, 0.2) is 12.4 Å². The number of hydrogen-bond acceptors (Lipinski definition) is 4. The molecule has 0 bridgehead atoms. The van der Waals surface area contributed by atoms with Crippen molar-refractivity contribution in [2.24, 2.45) is 11.8 Å². The Balaban J connectivity index is 0.00000264. The van der Waals surface area contributed by atoms with Gasteiger partial charge in [0, 0.05) is 18.9 Å². The first-order valence-electron chi connectivity index (χ1n) is 7.58. The Morgan fingerprint density at radius 3 is 2.70 bits per heavy atom. The summed E-state index contributed by atoms with van der Waals surface area (Å²) in [5, 5.41) is 2.64. The number of nitrogens with zero attached hydrogens (tertiary/aromatic N) is 2. The van der Waals surface area contributed by atoms with Gasteiger partial charge in [0.05, 0.1) is 13.2 Å². The molecule has 2 heterocycles. The fraction of sp³-hybridized carbons (Fsp3) is 0.667. The van der Waals surface area contributed by atoms with Gasteiger partial charge in [0.25, 0.3) is 0 Å². The van der Waals surface area contributed by atoms with Gasteiger partial charge in [0.1, 0.15) is 11.9 Å². The number of carbonyl (C=O) groups excluding carboxylic acids is 2. The lowest BCUT2D eigenvalue weighted by molar-refractivity contribution is -0.135. The van der Waals surface area contributed by atoms with Gasteiger partial charge >= 0.3 is 6.09 Å². The van der Waals surface area contributed by atoms with E-state index in [1.165, 1.54) is 7.11 Å². The minimum absolute atomic E-state index is 0. The van der Waals surface area contributed by atoms with E-state index < -0.39 is 12.1 Å². The van der Waals surface area contributed by atoms with Crippen LogP contribution in [-0.2, 0) is 9.53 Å². The summed E-state index contributed by atoms with van der Waals surface area (Å²) in [6, 6.07) is -0.673. The molecule has 2 amide bonds. The van der Waals surface area contributed by atoms with Crippen LogP contribution < -0.4 is 5.32 Å². The van der Waals surface area contributed by atoms with Crippen LogP contribution >= 0.6 is 12.4 Å². The zero-order valence-electron chi connectivity index (χ0n) is 13.9. The number of aromatic amines is 1. The summed E-state index contributed by atoms with van der Waals surface area (Å²) in [7, 11) is 1.29. The number of ether oxygens (including phenoxy) is 1. The molecule has 1 saturated heterocycles. The Kier molecular flexibility index (Phi) is 6.87. The molecular formula is C15H25ClN4O3. The number of nitrogens with one attached hydrogen (secondary N) is 2. The fourth-order valence-corrected chi connectivity index (χ4v) is 2.89. The largest absolute Gasteiger partial charge is 0.453 e. The highest BCUT2D eigenvalue weighted by molar-refractivity contribution is 5.86. The molecule has 2 N–H and O–H groups in total. The number of hydrogen-bond donors (Lipinski definition) is 2. The fourth-order valence-electron chi connectivity index (χ4n) is 2.89. The molecular weight excluding hydrogens is 320 g/mol. The van der Waals surface area contributed by atoms with E-state index in [9.17, 15) is 9.59 Å². The van der Waals surface area contributed by atoms with Crippen molar-refractivity contribution in [3.8, 4) is 0 Å². The Hall–Kier alpha value is -1.76. The molecule has 0 spiro atoms. The molecule has 1 aliphatic heterocycles. The summed E-state index contributed by atoms with van der Waals surface area (Å²) in [4.78, 5) is 33.6. The van der Waals surface area contributed by atoms with Gasteiger partial charge in [-0.3, -0.25) is 4.79 Å². The van der Waals surface area contributed by atoms with E-state index in [1.54, 1.807) is 12.4 Å². The predicted molar refractivity (Wildman–Crippen MR) is 88.2 cm³/mol. The lowest BCUT2D eigenvalue weighted by Crippen LogP contribution is -2.51. The predicted octanol–water partition coefficient (Wildman–Crippen LogP) is 2.12. The van der Waals surface area contributed by atoms with Crippen LogP contribution in [0.4, 0.5) is 4.79 Å². The van der Waals surface area contributed by atoms with Crippen LogP contribution in [0.25, 0.3) is 0 Å². The molecule has 7 nitrogen and oxygen atoms in total. The van der Waals surface area contributed by atoms with Gasteiger partial charge in [-0.15, -0.1) is 12.4 Å². The average molecular weight is 345 g/mol. The van der Waals surface area contributed by atoms with Gasteiger partial charge in [-0.05, 0) is 18.3 Å². The molecule has 8 heteroatoms. The van der Waals surface area contributed by atoms with Crippen LogP contribution in [0.3, 0.4) is 0 Å². The Labute approximate surface area is 142 Å². The van der Waals surface area contributed by atoms with Gasteiger partial charge in [-0.1, -0.05) is 20.8 Å². The molecule has 23 heavy (non-hydrogen) atoms. The first kappa shape index (κ1) is 19.3. The Bertz CT molecular complexity index is 521. The van der Waals surface area contributed by atoms with E-state index in [4.69, 9.17) is 0 Å². The normalized spacial score (nSPS) is 21.7. The topological polar surface area (TPSA) is 87.3 Å². The van der Waals surface area contributed by atoms with Crippen LogP contribution in [0.1, 0.15) is 39.1 Å². The van der Waals surface area contributed by atoms with Crippen molar-refractivity contribution in [2.75, 3.05) is 13.7 Å². The number of amides is 2. The quantitative estimate of drug-likeness (QED) is 0.875. The monoisotopic (exact) mass is 344 g/mol. The van der Waals surface area contributed by atoms with Gasteiger partial charge < -0.3 is 19.9 Å². The third-order valence-electron chi connectivity index (χ3n) is 4.02. The molecule has 1 aromatic heterocycles. The molecule has 1 fully saturated rings. The van der Waals surface area contributed by atoms with E-state index >= 15 is 0 Å². The summed E-state index contributed by atoms with van der Waals surface area (Å²) in [6.45, 7) is 6.58. The van der Waals surface area contributed by atoms with Gasteiger partial charge in [-0.25, -0.2) is 9.78 Å². The lowest BCUT2D eigenvalue weighted by Gasteiger charge is -2.30. The van der Waals surface area contributed by atoms with Crippen molar-refractivity contribution in [3.05, 3.63) is 18.2 Å². The van der Waals surface area contributed by atoms with Crippen molar-refractivity contribution >= 4 is 24.4 Å². The Morgan fingerprint density at radius 1 is 1.48 bits per heavy atom. The molecule has 0 radical (unpaired) electrons. The summed E-state index contributed by atoms with van der Waals surface area (Å²) < 4.78 is 4.62. The molecule has 2 rings (SSSR count). The highest BCUT2D eigenvalue weighted by atomic mass is 35.5. The second kappa shape index (κ2) is 8.19. The van der Waals surface area contributed by atoms with E-state index in [0.29, 0.717) is 12.5 Å². The van der Waals surface area contributed by atoms with Crippen molar-refractivity contribution in [2.45, 2.75) is 39.3 Å². The zero-order chi connectivity index (χ0) is 16.3. The third kappa shape index (κ3) is 4.37. The number of likely N-dealkylation sites (tertiary alicyclic amines) is 1. The maximum absolute atomic E-state index is 12.9. The van der Waals surface area contributed by atoms with Crippen LogP contribution in [0.2, 0.25) is 0 Å². The van der Waals surface area contributed by atoms with Crippen LogP contribution in [-0.4, -0.2) is 46.6 Å². The number of carbonyl (C=O) groups is 2. The molecule has 0 unspecified atom stereocenters. The summed E-state index contributed by atoms with van der Waals surface area (Å²) in [6.07, 6.45) is 3.72. The standard InChI is InChI=1S/C15H24N4O3.ClH/c1-9(2)12(18-15(21)22-4)14(20)19-8-10(3)7-11(19)13-16-5-6-17-13;/h5-6,9-12H,7-8H2,1-4H3,(H,16,17)(H,18,21);1H/t10-,11-,12-;/m0./s1. The van der Waals surface area contributed by atoms with Crippen molar-refractivity contribution in [1.82, 2.24) is 20.2 Å². The van der Waals surface area contributed by atoms with Gasteiger partial charge in [-0.2, -0.15) is 0 Å². The molecule has 1 aromatic rings. The SMILES string of the molecule is COC(=O)N[C@H](C(=O)N1C[C@@H](C)C[C@H]1c1ncc[nH]1)C(C)C.Cl. The van der Waals surface area contributed by atoms with Gasteiger partial charge in [0.2, 0.25) is 5.91 Å². The second-order valence-corrected chi connectivity index (χ2v) is 6.18. The van der Waals surface area contributed by atoms with Crippen molar-refractivity contribution in [3.63, 3.8) is 0 Å². The molecule has 0 aromatic carbocycles. The minimum atomic E-state index is -0.602. The highest BCUT2D eigenvalue weighted by Crippen LogP contribution is 2.34. The summed E-state index contributed by atoms with van der Waals surface area (Å²) in [5.41, 5.74) is 0. The van der Waals surface area contributed by atoms with Gasteiger partial charge in [0.15, 0.2) is 0 Å². The summed E-state index contributed by atoms with van der Waals surface area (Å²) >= 11 is 0. The van der Waals surface area contributed by atoms with E-state index in [-0.39, 0.29) is 30.3 Å². The number of halogens is 1. The van der Waals surface area contributed by atoms with Crippen LogP contribution in [0.5, 0.6) is 0 Å². The smallest absolute Gasteiger partial charge is 0.407 e. The first-order valence-corrected chi connectivity index (χ1v) is 7.58. The lowest BCUT2D eigenvalue weighted by atomic mass is 10.0. The Morgan fingerprint density at radius 2 is 2.17 bits per heavy atom. The van der Waals surface area contributed by atoms with Crippen LogP contribution in [0, 0.1) is 11.8 Å². The number of aromatic nitrogens is 2. The maximum atomic E-state index is 12.9. The molecule has 3 atom stereocenters. The second-order valence-electron chi connectivity index (χ2n) is 6.18. The maximum Gasteiger partial charge on any atom is 0.407 e. The number of H-pyrrole nitrogens is 1. The van der Waals surface area contributed by atoms with E-state index in [1.807, 2.05) is 18.7 Å². The minimum Gasteiger partial charge on any atom is -0.453 e. The number of methoxy groups -OCH3 is 1. The first-order chi connectivity index (χ1) is 10.4. The van der Waals surface area contributed by atoms with Crippen molar-refractivity contribution < 1.29 is 14.3 Å². The molecule has 0 aliphatic carbocycles. The number of alkyl carbamates (subject to hydrolysis) is 1. The average Bonchev–Trinajstić information content (AvgIpc) is 3.12. The zero-order valence-corrected chi connectivity index (χ0v) is 14.7. The third-order valence-corrected chi connectivity index (χ3v) is 4.02. The van der Waals surface area contributed by atoms with Crippen molar-refractivity contribution in [1.29, 1.82) is 0 Å². The number of imidazole rings is 1. The van der Waals surface area contributed by atoms with E-state index in [2.05, 4.69) is 26.9 Å². The molecule has 0 saturated carbocycles. The summed E-state index contributed by atoms with van der Waals surface area (Å²) in [5.74, 6) is 1.06. The van der Waals surface area contributed by atoms with E-state index in [0.717, 1.165) is 12.2 Å². The molecule has 130 valence electrons. The highest BCUT2D eigenvalue weighted by Gasteiger charge is 2.39. The molecule has 1 aliphatic rings. The number of rotatable bonds is 4.